The first kappa shape index (κ1) is 15.3. The standard InChI is InChI=1S/C17H20O4/c1-3-8-13-15(18)16(19)14(17(20)21-13)12(4-2)11-9-6-5-7-10-11/h5-7,9-10,12-13,19H,3-4,8H2,1-2H3. The molecule has 0 bridgehead atoms. The molecule has 112 valence electrons. The maximum absolute atomic E-state index is 12.2. The van der Waals surface area contributed by atoms with E-state index < -0.39 is 23.6 Å². The number of ketones is 1. The zero-order valence-electron chi connectivity index (χ0n) is 12.3. The van der Waals surface area contributed by atoms with E-state index in [2.05, 4.69) is 0 Å². The number of esters is 1. The summed E-state index contributed by atoms with van der Waals surface area (Å²) in [7, 11) is 0. The number of cyclic esters (lactones) is 1. The van der Waals surface area contributed by atoms with Gasteiger partial charge in [-0.1, -0.05) is 50.6 Å². The van der Waals surface area contributed by atoms with E-state index in [-0.39, 0.29) is 11.5 Å². The van der Waals surface area contributed by atoms with Crippen LogP contribution in [0.1, 0.15) is 44.6 Å². The summed E-state index contributed by atoms with van der Waals surface area (Å²) in [5, 5.41) is 10.2. The van der Waals surface area contributed by atoms with Gasteiger partial charge in [0.2, 0.25) is 5.78 Å². The average Bonchev–Trinajstić information content (AvgIpc) is 2.50. The summed E-state index contributed by atoms with van der Waals surface area (Å²) in [6.45, 7) is 3.81. The molecular formula is C17H20O4. The molecule has 2 unspecified atom stereocenters. The van der Waals surface area contributed by atoms with E-state index in [1.165, 1.54) is 0 Å². The number of Topliss-reactive ketones (excluding diaryl/α,β-unsaturated/α-hetero) is 1. The van der Waals surface area contributed by atoms with E-state index in [1.54, 1.807) is 0 Å². The van der Waals surface area contributed by atoms with Gasteiger partial charge in [0, 0.05) is 5.92 Å². The molecule has 1 heterocycles. The third kappa shape index (κ3) is 2.99. The third-order valence-corrected chi connectivity index (χ3v) is 3.76. The molecular weight excluding hydrogens is 268 g/mol. The van der Waals surface area contributed by atoms with Crippen LogP contribution in [-0.2, 0) is 14.3 Å². The van der Waals surface area contributed by atoms with E-state index in [0.29, 0.717) is 19.3 Å². The Kier molecular flexibility index (Phi) is 4.78. The molecule has 1 aliphatic rings. The molecule has 0 saturated carbocycles. The molecule has 1 aliphatic heterocycles. The summed E-state index contributed by atoms with van der Waals surface area (Å²) in [4.78, 5) is 24.4. The summed E-state index contributed by atoms with van der Waals surface area (Å²) >= 11 is 0. The lowest BCUT2D eigenvalue weighted by Crippen LogP contribution is -2.37. The molecule has 0 aromatic heterocycles. The number of rotatable bonds is 5. The zero-order chi connectivity index (χ0) is 15.4. The van der Waals surface area contributed by atoms with Crippen molar-refractivity contribution >= 4 is 11.8 Å². The van der Waals surface area contributed by atoms with Gasteiger partial charge in [-0.15, -0.1) is 0 Å². The first-order valence-electron chi connectivity index (χ1n) is 7.33. The highest BCUT2D eigenvalue weighted by molar-refractivity contribution is 6.09. The van der Waals surface area contributed by atoms with Gasteiger partial charge < -0.3 is 9.84 Å². The van der Waals surface area contributed by atoms with Crippen molar-refractivity contribution in [1.29, 1.82) is 0 Å². The molecule has 0 amide bonds. The van der Waals surface area contributed by atoms with E-state index in [1.807, 2.05) is 44.2 Å². The fourth-order valence-corrected chi connectivity index (χ4v) is 2.68. The summed E-state index contributed by atoms with van der Waals surface area (Å²) in [6, 6.07) is 9.37. The van der Waals surface area contributed by atoms with Gasteiger partial charge in [-0.3, -0.25) is 4.79 Å². The number of benzene rings is 1. The average molecular weight is 288 g/mol. The maximum Gasteiger partial charge on any atom is 0.339 e. The number of hydrogen-bond donors (Lipinski definition) is 1. The smallest absolute Gasteiger partial charge is 0.339 e. The maximum atomic E-state index is 12.2. The Morgan fingerprint density at radius 1 is 1.19 bits per heavy atom. The first-order chi connectivity index (χ1) is 10.1. The van der Waals surface area contributed by atoms with Gasteiger partial charge >= 0.3 is 5.97 Å². The Hall–Kier alpha value is -2.10. The number of carbonyl (C=O) groups is 2. The van der Waals surface area contributed by atoms with E-state index in [9.17, 15) is 14.7 Å². The van der Waals surface area contributed by atoms with Crippen molar-refractivity contribution in [2.75, 3.05) is 0 Å². The molecule has 1 aromatic rings. The van der Waals surface area contributed by atoms with Gasteiger partial charge in [-0.05, 0) is 18.4 Å². The third-order valence-electron chi connectivity index (χ3n) is 3.76. The highest BCUT2D eigenvalue weighted by Gasteiger charge is 2.39. The van der Waals surface area contributed by atoms with E-state index in [0.717, 1.165) is 5.56 Å². The number of carbonyl (C=O) groups excluding carboxylic acids is 2. The van der Waals surface area contributed by atoms with Crippen LogP contribution in [0.2, 0.25) is 0 Å². The Morgan fingerprint density at radius 2 is 1.86 bits per heavy atom. The molecule has 2 atom stereocenters. The number of ether oxygens (including phenoxy) is 1. The Balaban J connectivity index is 2.41. The second kappa shape index (κ2) is 6.57. The molecule has 0 spiro atoms. The monoisotopic (exact) mass is 288 g/mol. The number of hydrogen-bond acceptors (Lipinski definition) is 4. The minimum atomic E-state index is -0.848. The lowest BCUT2D eigenvalue weighted by atomic mass is 9.85. The minimum absolute atomic E-state index is 0.0843. The van der Waals surface area contributed by atoms with Crippen LogP contribution in [0.4, 0.5) is 0 Å². The largest absolute Gasteiger partial charge is 0.504 e. The molecule has 1 aromatic carbocycles. The quantitative estimate of drug-likeness (QED) is 0.844. The Morgan fingerprint density at radius 3 is 2.43 bits per heavy atom. The van der Waals surface area contributed by atoms with Crippen LogP contribution in [0.25, 0.3) is 0 Å². The van der Waals surface area contributed by atoms with Crippen LogP contribution in [0.3, 0.4) is 0 Å². The van der Waals surface area contributed by atoms with E-state index >= 15 is 0 Å². The molecule has 21 heavy (non-hydrogen) atoms. The van der Waals surface area contributed by atoms with Crippen molar-refractivity contribution < 1.29 is 19.4 Å². The molecule has 0 aliphatic carbocycles. The molecule has 1 N–H and O–H groups in total. The van der Waals surface area contributed by atoms with Gasteiger partial charge in [0.15, 0.2) is 11.9 Å². The highest BCUT2D eigenvalue weighted by Crippen LogP contribution is 2.34. The van der Waals surface area contributed by atoms with Crippen molar-refractivity contribution in [3.8, 4) is 0 Å². The van der Waals surface area contributed by atoms with Gasteiger partial charge in [0.25, 0.3) is 0 Å². The van der Waals surface area contributed by atoms with Crippen molar-refractivity contribution in [2.24, 2.45) is 0 Å². The van der Waals surface area contributed by atoms with Crippen molar-refractivity contribution in [2.45, 2.75) is 45.1 Å². The highest BCUT2D eigenvalue weighted by atomic mass is 16.6. The zero-order valence-corrected chi connectivity index (χ0v) is 12.3. The summed E-state index contributed by atoms with van der Waals surface area (Å²) in [5.41, 5.74) is 0.973. The Bertz CT molecular complexity index is 559. The summed E-state index contributed by atoms with van der Waals surface area (Å²) in [6.07, 6.45) is 0.899. The molecule has 4 heteroatoms. The molecule has 0 saturated heterocycles. The van der Waals surface area contributed by atoms with E-state index in [4.69, 9.17) is 4.74 Å². The number of aliphatic hydroxyl groups is 1. The predicted octanol–water partition coefficient (Wildman–Crippen LogP) is 3.29. The summed E-state index contributed by atoms with van der Waals surface area (Å²) < 4.78 is 5.22. The molecule has 4 nitrogen and oxygen atoms in total. The molecule has 0 radical (unpaired) electrons. The minimum Gasteiger partial charge on any atom is -0.504 e. The molecule has 0 fully saturated rings. The van der Waals surface area contributed by atoms with Crippen molar-refractivity contribution in [3.63, 3.8) is 0 Å². The van der Waals surface area contributed by atoms with Gasteiger partial charge in [-0.25, -0.2) is 4.79 Å². The van der Waals surface area contributed by atoms with Gasteiger partial charge in [0.1, 0.15) is 0 Å². The molecule has 2 rings (SSSR count). The van der Waals surface area contributed by atoms with Crippen molar-refractivity contribution in [1.82, 2.24) is 0 Å². The fraction of sp³-hybridized carbons (Fsp3) is 0.412. The van der Waals surface area contributed by atoms with Gasteiger partial charge in [0.05, 0.1) is 5.57 Å². The van der Waals surface area contributed by atoms with Crippen molar-refractivity contribution in [3.05, 3.63) is 47.2 Å². The predicted molar refractivity (Wildman–Crippen MR) is 78.9 cm³/mol. The second-order valence-electron chi connectivity index (χ2n) is 5.18. The van der Waals surface area contributed by atoms with Crippen LogP contribution in [-0.4, -0.2) is 23.0 Å². The topological polar surface area (TPSA) is 63.6 Å². The lowest BCUT2D eigenvalue weighted by Gasteiger charge is -2.27. The summed E-state index contributed by atoms with van der Waals surface area (Å²) in [5.74, 6) is -1.83. The van der Waals surface area contributed by atoms with Gasteiger partial charge in [-0.2, -0.15) is 0 Å². The van der Waals surface area contributed by atoms with Crippen LogP contribution in [0.15, 0.2) is 41.7 Å². The lowest BCUT2D eigenvalue weighted by molar-refractivity contribution is -0.155. The van der Waals surface area contributed by atoms with Crippen LogP contribution >= 0.6 is 0 Å². The van der Waals surface area contributed by atoms with Crippen LogP contribution in [0, 0.1) is 0 Å². The van der Waals surface area contributed by atoms with Crippen LogP contribution in [0.5, 0.6) is 0 Å². The Labute approximate surface area is 124 Å². The first-order valence-corrected chi connectivity index (χ1v) is 7.33. The SMILES string of the molecule is CCCC1OC(=O)C(C(CC)c2ccccc2)=C(O)C1=O. The normalized spacial score (nSPS) is 20.4. The number of aliphatic hydroxyl groups excluding tert-OH is 1. The van der Waals surface area contributed by atoms with Crippen LogP contribution < -0.4 is 0 Å². The second-order valence-corrected chi connectivity index (χ2v) is 5.18. The fourth-order valence-electron chi connectivity index (χ4n) is 2.68.